The highest BCUT2D eigenvalue weighted by Gasteiger charge is 2.25. The van der Waals surface area contributed by atoms with Crippen molar-refractivity contribution in [3.63, 3.8) is 0 Å². The van der Waals surface area contributed by atoms with Crippen LogP contribution in [0.15, 0.2) is 71.3 Å². The van der Waals surface area contributed by atoms with Crippen molar-refractivity contribution < 1.29 is 0 Å². The van der Waals surface area contributed by atoms with Crippen molar-refractivity contribution >= 4 is 18.0 Å². The molecule has 28 heavy (non-hydrogen) atoms. The predicted octanol–water partition coefficient (Wildman–Crippen LogP) is 6.61. The molecule has 2 nitrogen and oxygen atoms in total. The lowest BCUT2D eigenvalue weighted by Crippen LogP contribution is -2.04. The third-order valence-corrected chi connectivity index (χ3v) is 5.51. The molecule has 0 fully saturated rings. The highest BCUT2D eigenvalue weighted by atomic mass is 15.3. The fraction of sp³-hybridized carbons (Fsp3) is 0.192. The molecule has 140 valence electrons. The lowest BCUT2D eigenvalue weighted by Gasteiger charge is -2.17. The summed E-state index contributed by atoms with van der Waals surface area (Å²) in [6, 6.07) is 21.6. The molecule has 1 unspecified atom stereocenters. The van der Waals surface area contributed by atoms with Gasteiger partial charge in [0.25, 0.3) is 0 Å². The molecular formula is C26H26N2. The van der Waals surface area contributed by atoms with Gasteiger partial charge in [0, 0.05) is 5.92 Å². The van der Waals surface area contributed by atoms with Crippen LogP contribution in [0.3, 0.4) is 0 Å². The van der Waals surface area contributed by atoms with Gasteiger partial charge in [-0.25, -0.2) is 0 Å². The van der Waals surface area contributed by atoms with Gasteiger partial charge in [-0.05, 0) is 61.1 Å². The zero-order valence-electron chi connectivity index (χ0n) is 17.0. The number of aryl methyl sites for hydroxylation is 3. The van der Waals surface area contributed by atoms with Crippen molar-refractivity contribution in [2.24, 2.45) is 5.10 Å². The first-order chi connectivity index (χ1) is 13.5. The van der Waals surface area contributed by atoms with Gasteiger partial charge in [0.2, 0.25) is 0 Å². The molecule has 1 aliphatic rings. The molecule has 0 heterocycles. The molecule has 3 aromatic carbocycles. The first kappa shape index (κ1) is 18.2. The maximum atomic E-state index is 4.58. The van der Waals surface area contributed by atoms with Gasteiger partial charge >= 0.3 is 0 Å². The number of nitrogens with zero attached hydrogens (tertiary/aromatic N) is 1. The Labute approximate surface area is 167 Å². The van der Waals surface area contributed by atoms with Crippen molar-refractivity contribution in [2.45, 2.75) is 33.6 Å². The first-order valence-electron chi connectivity index (χ1n) is 9.77. The van der Waals surface area contributed by atoms with E-state index in [0.717, 1.165) is 11.3 Å². The summed E-state index contributed by atoms with van der Waals surface area (Å²) in [7, 11) is 0. The molecule has 4 rings (SSSR count). The average Bonchev–Trinajstić information content (AvgIpc) is 3.00. The van der Waals surface area contributed by atoms with Gasteiger partial charge in [0.1, 0.15) is 0 Å². The van der Waals surface area contributed by atoms with Gasteiger partial charge in [-0.1, -0.05) is 77.9 Å². The highest BCUT2D eigenvalue weighted by Crippen LogP contribution is 2.41. The minimum Gasteiger partial charge on any atom is -0.278 e. The Kier molecular flexibility index (Phi) is 4.87. The van der Waals surface area contributed by atoms with Crippen LogP contribution < -0.4 is 5.43 Å². The number of nitrogens with one attached hydrogen (secondary N) is 1. The number of fused-ring (bicyclic) bond motifs is 1. The second-order valence-corrected chi connectivity index (χ2v) is 7.72. The molecule has 0 radical (unpaired) electrons. The number of rotatable bonds is 4. The van der Waals surface area contributed by atoms with Gasteiger partial charge in [-0.3, -0.25) is 5.43 Å². The Hall–Kier alpha value is -3.13. The lowest BCUT2D eigenvalue weighted by molar-refractivity contribution is 0.974. The number of hydrogen-bond acceptors (Lipinski definition) is 2. The third-order valence-electron chi connectivity index (χ3n) is 5.51. The van der Waals surface area contributed by atoms with E-state index < -0.39 is 0 Å². The Balaban J connectivity index is 1.65. The van der Waals surface area contributed by atoms with E-state index in [2.05, 4.69) is 105 Å². The molecule has 3 aromatic rings. The van der Waals surface area contributed by atoms with Gasteiger partial charge in [-0.2, -0.15) is 5.10 Å². The largest absolute Gasteiger partial charge is 0.278 e. The zero-order valence-corrected chi connectivity index (χ0v) is 17.0. The summed E-state index contributed by atoms with van der Waals surface area (Å²) in [4.78, 5) is 0. The SMILES string of the molecule is CC1=Cc2ccccc2C1c1ccccc1/C=N/Nc1c(C)cc(C)cc1C. The van der Waals surface area contributed by atoms with Crippen molar-refractivity contribution in [2.75, 3.05) is 5.43 Å². The minimum absolute atomic E-state index is 0.293. The second-order valence-electron chi connectivity index (χ2n) is 7.72. The maximum Gasteiger partial charge on any atom is 0.0620 e. The number of hydrazone groups is 1. The van der Waals surface area contributed by atoms with Crippen LogP contribution in [0.5, 0.6) is 0 Å². The molecule has 1 N–H and O–H groups in total. The number of anilines is 1. The van der Waals surface area contributed by atoms with E-state index >= 15 is 0 Å². The standard InChI is InChI=1S/C26H26N2/c1-17-13-19(3)26(20(4)14-17)28-27-16-22-10-6-8-12-24(22)25-18(2)15-21-9-5-7-11-23(21)25/h5-16,25,28H,1-4H3/b27-16+. The molecule has 0 saturated heterocycles. The zero-order chi connectivity index (χ0) is 19.7. The smallest absolute Gasteiger partial charge is 0.0620 e. The van der Waals surface area contributed by atoms with E-state index in [9.17, 15) is 0 Å². The van der Waals surface area contributed by atoms with Gasteiger partial charge in [0.05, 0.1) is 11.9 Å². The molecule has 1 aliphatic carbocycles. The van der Waals surface area contributed by atoms with E-state index in [0.29, 0.717) is 5.92 Å². The molecule has 0 amide bonds. The van der Waals surface area contributed by atoms with Gasteiger partial charge < -0.3 is 0 Å². The first-order valence-corrected chi connectivity index (χ1v) is 9.77. The second kappa shape index (κ2) is 7.47. The Morgan fingerprint density at radius 1 is 0.821 bits per heavy atom. The Morgan fingerprint density at radius 3 is 2.21 bits per heavy atom. The van der Waals surface area contributed by atoms with Gasteiger partial charge in [-0.15, -0.1) is 0 Å². The quantitative estimate of drug-likeness (QED) is 0.408. The minimum atomic E-state index is 0.293. The molecule has 0 bridgehead atoms. The third kappa shape index (κ3) is 3.38. The summed E-state index contributed by atoms with van der Waals surface area (Å²) in [5.74, 6) is 0.293. The fourth-order valence-corrected chi connectivity index (χ4v) is 4.31. The van der Waals surface area contributed by atoms with Crippen LogP contribution in [-0.4, -0.2) is 6.21 Å². The van der Waals surface area contributed by atoms with Crippen LogP contribution in [0.1, 0.15) is 51.8 Å². The van der Waals surface area contributed by atoms with Crippen LogP contribution >= 0.6 is 0 Å². The fourth-order valence-electron chi connectivity index (χ4n) is 4.31. The summed E-state index contributed by atoms with van der Waals surface area (Å²) < 4.78 is 0. The van der Waals surface area contributed by atoms with E-state index in [4.69, 9.17) is 0 Å². The molecular weight excluding hydrogens is 340 g/mol. The van der Waals surface area contributed by atoms with Crippen LogP contribution in [-0.2, 0) is 0 Å². The molecule has 0 aromatic heterocycles. The molecule has 0 aliphatic heterocycles. The highest BCUT2D eigenvalue weighted by molar-refractivity contribution is 5.84. The van der Waals surface area contributed by atoms with E-state index in [1.165, 1.54) is 39.0 Å². The predicted molar refractivity (Wildman–Crippen MR) is 120 cm³/mol. The topological polar surface area (TPSA) is 24.4 Å². The number of allylic oxidation sites excluding steroid dienone is 1. The van der Waals surface area contributed by atoms with E-state index in [1.54, 1.807) is 0 Å². The van der Waals surface area contributed by atoms with Crippen LogP contribution in [0, 0.1) is 20.8 Å². The summed E-state index contributed by atoms with van der Waals surface area (Å²) in [6.45, 7) is 8.58. The molecule has 1 atom stereocenters. The molecule has 2 heteroatoms. The van der Waals surface area contributed by atoms with Crippen molar-refractivity contribution in [3.05, 3.63) is 105 Å². The normalized spacial score (nSPS) is 15.6. The summed E-state index contributed by atoms with van der Waals surface area (Å²) in [5, 5.41) is 4.58. The van der Waals surface area contributed by atoms with Crippen molar-refractivity contribution in [1.82, 2.24) is 0 Å². The Bertz CT molecular complexity index is 1070. The lowest BCUT2D eigenvalue weighted by atomic mass is 9.86. The van der Waals surface area contributed by atoms with Gasteiger partial charge in [0.15, 0.2) is 0 Å². The van der Waals surface area contributed by atoms with Crippen molar-refractivity contribution in [1.29, 1.82) is 0 Å². The maximum absolute atomic E-state index is 4.58. The van der Waals surface area contributed by atoms with Crippen LogP contribution in [0.25, 0.3) is 6.08 Å². The number of benzene rings is 3. The molecule has 0 saturated carbocycles. The monoisotopic (exact) mass is 366 g/mol. The summed E-state index contributed by atoms with van der Waals surface area (Å²) in [6.07, 6.45) is 4.24. The summed E-state index contributed by atoms with van der Waals surface area (Å²) >= 11 is 0. The van der Waals surface area contributed by atoms with Crippen molar-refractivity contribution in [3.8, 4) is 0 Å². The van der Waals surface area contributed by atoms with E-state index in [-0.39, 0.29) is 0 Å². The van der Waals surface area contributed by atoms with Crippen LogP contribution in [0.4, 0.5) is 5.69 Å². The number of hydrogen-bond donors (Lipinski definition) is 1. The van der Waals surface area contributed by atoms with Crippen LogP contribution in [0.2, 0.25) is 0 Å². The average molecular weight is 367 g/mol. The Morgan fingerprint density at radius 2 is 1.46 bits per heavy atom. The summed E-state index contributed by atoms with van der Waals surface area (Å²) in [5.41, 5.74) is 14.6. The molecule has 0 spiro atoms. The van der Waals surface area contributed by atoms with E-state index in [1.807, 2.05) is 6.21 Å².